The molecule has 0 aliphatic heterocycles. The molecule has 0 fully saturated rings. The van der Waals surface area contributed by atoms with Gasteiger partial charge in [-0.15, -0.1) is 0 Å². The summed E-state index contributed by atoms with van der Waals surface area (Å²) in [5, 5.41) is 11.1. The third-order valence-electron chi connectivity index (χ3n) is 2.97. The summed E-state index contributed by atoms with van der Waals surface area (Å²) in [6.45, 7) is 3.67. The van der Waals surface area contributed by atoms with Crippen LogP contribution in [0.1, 0.15) is 19.2 Å². The van der Waals surface area contributed by atoms with Crippen LogP contribution in [-0.4, -0.2) is 36.2 Å². The summed E-state index contributed by atoms with van der Waals surface area (Å²) in [5.41, 5.74) is 0.882. The average Bonchev–Trinajstić information content (AvgIpc) is 3.00. The van der Waals surface area contributed by atoms with E-state index in [1.54, 1.807) is 19.2 Å². The van der Waals surface area contributed by atoms with Crippen molar-refractivity contribution in [3.05, 3.63) is 35.2 Å². The highest BCUT2D eigenvalue weighted by Gasteiger charge is 2.08. The highest BCUT2D eigenvalue weighted by atomic mass is 35.5. The Morgan fingerprint density at radius 3 is 2.64 bits per heavy atom. The first-order valence-corrected chi connectivity index (χ1v) is 7.63. The molecule has 7 heteroatoms. The maximum absolute atomic E-state index is 5.86. The number of aromatic nitrogens is 2. The van der Waals surface area contributed by atoms with Crippen LogP contribution >= 0.6 is 11.6 Å². The van der Waals surface area contributed by atoms with Crippen molar-refractivity contribution in [1.82, 2.24) is 20.8 Å². The van der Waals surface area contributed by atoms with Gasteiger partial charge in [0.05, 0.1) is 0 Å². The number of hydrogen-bond acceptors (Lipinski definition) is 4. The van der Waals surface area contributed by atoms with Gasteiger partial charge in [-0.05, 0) is 30.7 Å². The largest absolute Gasteiger partial charge is 0.356 e. The maximum atomic E-state index is 5.86. The fraction of sp³-hybridized carbons (Fsp3) is 0.400. The number of guanidine groups is 1. The molecule has 0 saturated heterocycles. The van der Waals surface area contributed by atoms with Crippen LogP contribution < -0.4 is 10.6 Å². The van der Waals surface area contributed by atoms with Gasteiger partial charge in [-0.1, -0.05) is 23.7 Å². The Balaban J connectivity index is 1.86. The smallest absolute Gasteiger partial charge is 0.228 e. The average molecular weight is 322 g/mol. The summed E-state index contributed by atoms with van der Waals surface area (Å²) < 4.78 is 5.25. The molecule has 1 aromatic carbocycles. The van der Waals surface area contributed by atoms with Crippen LogP contribution in [0.15, 0.2) is 33.8 Å². The highest BCUT2D eigenvalue weighted by molar-refractivity contribution is 6.30. The molecule has 0 aliphatic carbocycles. The Hall–Kier alpha value is -2.08. The lowest BCUT2D eigenvalue weighted by atomic mass is 10.2. The zero-order valence-electron chi connectivity index (χ0n) is 12.8. The molecular weight excluding hydrogens is 302 g/mol. The maximum Gasteiger partial charge on any atom is 0.228 e. The van der Waals surface area contributed by atoms with Crippen molar-refractivity contribution in [1.29, 1.82) is 0 Å². The van der Waals surface area contributed by atoms with Gasteiger partial charge in [-0.3, -0.25) is 4.99 Å². The van der Waals surface area contributed by atoms with E-state index in [1.165, 1.54) is 0 Å². The quantitative estimate of drug-likeness (QED) is 0.631. The van der Waals surface area contributed by atoms with E-state index in [4.69, 9.17) is 16.1 Å². The molecular formula is C15H20ClN5O. The molecule has 2 N–H and O–H groups in total. The van der Waals surface area contributed by atoms with E-state index in [2.05, 4.69) is 32.7 Å². The van der Waals surface area contributed by atoms with E-state index in [-0.39, 0.29) is 0 Å². The molecule has 1 aromatic heterocycles. The zero-order chi connectivity index (χ0) is 15.8. The lowest BCUT2D eigenvalue weighted by molar-refractivity contribution is 0.378. The van der Waals surface area contributed by atoms with Crippen molar-refractivity contribution >= 4 is 17.6 Å². The van der Waals surface area contributed by atoms with Crippen LogP contribution in [-0.2, 0) is 6.42 Å². The van der Waals surface area contributed by atoms with Crippen LogP contribution in [0.3, 0.4) is 0 Å². The molecule has 0 aliphatic rings. The summed E-state index contributed by atoms with van der Waals surface area (Å²) in [4.78, 5) is 8.51. The van der Waals surface area contributed by atoms with E-state index < -0.39 is 0 Å². The molecule has 6 nitrogen and oxygen atoms in total. The minimum atomic E-state index is 0.570. The van der Waals surface area contributed by atoms with Crippen LogP contribution in [0.2, 0.25) is 5.02 Å². The number of benzene rings is 1. The van der Waals surface area contributed by atoms with E-state index in [0.717, 1.165) is 24.5 Å². The lowest BCUT2D eigenvalue weighted by Gasteiger charge is -2.09. The second-order valence-electron chi connectivity index (χ2n) is 4.69. The van der Waals surface area contributed by atoms with Crippen LogP contribution in [0.25, 0.3) is 11.4 Å². The van der Waals surface area contributed by atoms with Crippen molar-refractivity contribution < 1.29 is 4.52 Å². The molecule has 2 rings (SSSR count). The van der Waals surface area contributed by atoms with Gasteiger partial charge in [0.25, 0.3) is 0 Å². The summed E-state index contributed by atoms with van der Waals surface area (Å²) in [6, 6.07) is 7.34. The lowest BCUT2D eigenvalue weighted by Crippen LogP contribution is -2.38. The minimum absolute atomic E-state index is 0.570. The highest BCUT2D eigenvalue weighted by Crippen LogP contribution is 2.18. The topological polar surface area (TPSA) is 75.3 Å². The Bertz CT molecular complexity index is 609. The van der Waals surface area contributed by atoms with E-state index in [1.807, 2.05) is 12.1 Å². The molecule has 0 amide bonds. The van der Waals surface area contributed by atoms with Crippen molar-refractivity contribution in [2.75, 3.05) is 20.1 Å². The molecule has 0 bridgehead atoms. The SMILES string of the molecule is CCCNC(=NC)NCCc1nc(-c2ccc(Cl)cc2)no1. The van der Waals surface area contributed by atoms with Crippen LogP contribution in [0.4, 0.5) is 0 Å². The summed E-state index contributed by atoms with van der Waals surface area (Å²) in [5.74, 6) is 1.93. The van der Waals surface area contributed by atoms with E-state index in [9.17, 15) is 0 Å². The summed E-state index contributed by atoms with van der Waals surface area (Å²) in [7, 11) is 1.75. The molecule has 0 spiro atoms. The van der Waals surface area contributed by atoms with Crippen molar-refractivity contribution in [2.45, 2.75) is 19.8 Å². The molecule has 0 saturated carbocycles. The number of nitrogens with zero attached hydrogens (tertiary/aromatic N) is 3. The first-order chi connectivity index (χ1) is 10.7. The van der Waals surface area contributed by atoms with Gasteiger partial charge in [-0.25, -0.2) is 0 Å². The number of aliphatic imine (C=N–C) groups is 1. The van der Waals surface area contributed by atoms with Gasteiger partial charge >= 0.3 is 0 Å². The minimum Gasteiger partial charge on any atom is -0.356 e. The summed E-state index contributed by atoms with van der Waals surface area (Å²) in [6.07, 6.45) is 1.68. The van der Waals surface area contributed by atoms with Gasteiger partial charge in [0.2, 0.25) is 11.7 Å². The first-order valence-electron chi connectivity index (χ1n) is 7.26. The van der Waals surface area contributed by atoms with Gasteiger partial charge in [0.15, 0.2) is 5.96 Å². The third kappa shape index (κ3) is 4.73. The normalized spacial score (nSPS) is 11.5. The number of halogens is 1. The second kappa shape index (κ2) is 8.38. The van der Waals surface area contributed by atoms with Crippen LogP contribution in [0.5, 0.6) is 0 Å². The molecule has 2 aromatic rings. The van der Waals surface area contributed by atoms with Crippen molar-refractivity contribution in [3.8, 4) is 11.4 Å². The van der Waals surface area contributed by atoms with Crippen molar-refractivity contribution in [2.24, 2.45) is 4.99 Å². The Labute approximate surface area is 135 Å². The fourth-order valence-electron chi connectivity index (χ4n) is 1.82. The fourth-order valence-corrected chi connectivity index (χ4v) is 1.95. The van der Waals surface area contributed by atoms with Gasteiger partial charge < -0.3 is 15.2 Å². The van der Waals surface area contributed by atoms with E-state index in [0.29, 0.717) is 29.7 Å². The first kappa shape index (κ1) is 16.3. The molecule has 1 heterocycles. The molecule has 0 atom stereocenters. The standard InChI is InChI=1S/C15H20ClN5O/c1-3-9-18-15(17-2)19-10-8-13-20-14(21-22-13)11-4-6-12(16)7-5-11/h4-7H,3,8-10H2,1-2H3,(H2,17,18,19). The Morgan fingerprint density at radius 2 is 1.95 bits per heavy atom. The number of nitrogens with one attached hydrogen (secondary N) is 2. The van der Waals surface area contributed by atoms with Gasteiger partial charge in [0.1, 0.15) is 0 Å². The van der Waals surface area contributed by atoms with Crippen LogP contribution in [0, 0.1) is 0 Å². The number of rotatable bonds is 6. The molecule has 22 heavy (non-hydrogen) atoms. The molecule has 0 radical (unpaired) electrons. The number of hydrogen-bond donors (Lipinski definition) is 2. The second-order valence-corrected chi connectivity index (χ2v) is 5.13. The predicted octanol–water partition coefficient (Wildman–Crippen LogP) is 2.51. The van der Waals surface area contributed by atoms with Gasteiger partial charge in [0, 0.05) is 37.1 Å². The Kier molecular flexibility index (Phi) is 6.21. The predicted molar refractivity (Wildman–Crippen MR) is 88.1 cm³/mol. The van der Waals surface area contributed by atoms with Gasteiger partial charge in [-0.2, -0.15) is 4.98 Å². The molecule has 118 valence electrons. The molecule has 0 unspecified atom stereocenters. The van der Waals surface area contributed by atoms with Crippen molar-refractivity contribution in [3.63, 3.8) is 0 Å². The third-order valence-corrected chi connectivity index (χ3v) is 3.22. The zero-order valence-corrected chi connectivity index (χ0v) is 13.5. The summed E-state index contributed by atoms with van der Waals surface area (Å²) >= 11 is 5.86. The monoisotopic (exact) mass is 321 g/mol. The van der Waals surface area contributed by atoms with E-state index >= 15 is 0 Å². The Morgan fingerprint density at radius 1 is 1.23 bits per heavy atom.